The molecule has 82 valence electrons. The van der Waals surface area contributed by atoms with E-state index in [4.69, 9.17) is 4.74 Å². The van der Waals surface area contributed by atoms with E-state index in [1.807, 2.05) is 19.9 Å². The van der Waals surface area contributed by atoms with E-state index in [1.54, 1.807) is 7.11 Å². The molecule has 0 saturated heterocycles. The number of hydrogen-bond acceptors (Lipinski definition) is 3. The van der Waals surface area contributed by atoms with Crippen molar-refractivity contribution in [1.29, 1.82) is 0 Å². The number of rotatable bonds is 7. The van der Waals surface area contributed by atoms with Gasteiger partial charge in [-0.1, -0.05) is 18.6 Å². The van der Waals surface area contributed by atoms with Gasteiger partial charge >= 0.3 is 7.12 Å². The van der Waals surface area contributed by atoms with Crippen molar-refractivity contribution in [2.75, 3.05) is 13.7 Å². The number of ether oxygens (including phenoxy) is 1. The van der Waals surface area contributed by atoms with Crippen LogP contribution in [0.4, 0.5) is 0 Å². The Morgan fingerprint density at radius 2 is 2.14 bits per heavy atom. The van der Waals surface area contributed by atoms with Gasteiger partial charge in [0.05, 0.1) is 0 Å². The lowest BCUT2D eigenvalue weighted by Gasteiger charge is -2.18. The van der Waals surface area contributed by atoms with Gasteiger partial charge in [0.25, 0.3) is 0 Å². The molecule has 0 aliphatic carbocycles. The van der Waals surface area contributed by atoms with Crippen LogP contribution in [0.1, 0.15) is 33.1 Å². The monoisotopic (exact) mass is 200 g/mol. The number of allylic oxidation sites excluding steroid dienone is 2. The van der Waals surface area contributed by atoms with Crippen LogP contribution >= 0.6 is 0 Å². The van der Waals surface area contributed by atoms with Crippen molar-refractivity contribution >= 4 is 7.12 Å². The Bertz CT molecular complexity index is 169. The first-order valence-corrected chi connectivity index (χ1v) is 5.17. The first-order valence-electron chi connectivity index (χ1n) is 5.17. The minimum absolute atomic E-state index is 0.139. The summed E-state index contributed by atoms with van der Waals surface area (Å²) < 4.78 is 4.94. The Balaban J connectivity index is 4.14. The molecule has 4 heteroatoms. The van der Waals surface area contributed by atoms with Crippen molar-refractivity contribution in [3.63, 3.8) is 0 Å². The van der Waals surface area contributed by atoms with E-state index in [2.05, 4.69) is 0 Å². The first-order chi connectivity index (χ1) is 6.67. The van der Waals surface area contributed by atoms with E-state index in [0.717, 1.165) is 24.8 Å². The zero-order valence-corrected chi connectivity index (χ0v) is 9.36. The molecule has 0 rings (SSSR count). The minimum atomic E-state index is -1.25. The Morgan fingerprint density at radius 1 is 1.50 bits per heavy atom. The summed E-state index contributed by atoms with van der Waals surface area (Å²) in [6, 6.07) is 0. The lowest BCUT2D eigenvalue weighted by Crippen LogP contribution is -2.22. The van der Waals surface area contributed by atoms with E-state index in [9.17, 15) is 10.0 Å². The second-order valence-electron chi connectivity index (χ2n) is 3.37. The smallest absolute Gasteiger partial charge is 0.427 e. The predicted octanol–water partition coefficient (Wildman–Crippen LogP) is 1.61. The molecule has 1 unspecified atom stereocenters. The standard InChI is InChI=1S/C10H21BO3/c1-4-9(5-2)10(11(12)13)7-6-8-14-3/h4,10,12-13H,5-8H2,1-3H3/b9-4-. The normalized spacial score (nSPS) is 14.2. The molecule has 3 nitrogen and oxygen atoms in total. The Hall–Kier alpha value is -0.315. The maximum absolute atomic E-state index is 9.22. The van der Waals surface area contributed by atoms with Crippen LogP contribution in [0, 0.1) is 0 Å². The lowest BCUT2D eigenvalue weighted by atomic mass is 9.65. The summed E-state index contributed by atoms with van der Waals surface area (Å²) in [5.74, 6) is -0.139. The largest absolute Gasteiger partial charge is 0.459 e. The first kappa shape index (κ1) is 13.7. The number of hydrogen-bond donors (Lipinski definition) is 2. The zero-order chi connectivity index (χ0) is 11.0. The Labute approximate surface area is 86.9 Å². The quantitative estimate of drug-likeness (QED) is 0.373. The van der Waals surface area contributed by atoms with E-state index in [1.165, 1.54) is 0 Å². The summed E-state index contributed by atoms with van der Waals surface area (Å²) in [5, 5.41) is 18.4. The highest BCUT2D eigenvalue weighted by atomic mass is 16.5. The third-order valence-corrected chi connectivity index (χ3v) is 2.48. The molecule has 0 aliphatic heterocycles. The van der Waals surface area contributed by atoms with Crippen LogP contribution in [0.2, 0.25) is 5.82 Å². The van der Waals surface area contributed by atoms with Gasteiger partial charge in [-0.05, 0) is 26.2 Å². The number of methoxy groups -OCH3 is 1. The summed E-state index contributed by atoms with van der Waals surface area (Å²) in [4.78, 5) is 0. The fraction of sp³-hybridized carbons (Fsp3) is 0.800. The van der Waals surface area contributed by atoms with Gasteiger partial charge in [0.1, 0.15) is 0 Å². The van der Waals surface area contributed by atoms with E-state index in [-0.39, 0.29) is 5.82 Å². The molecule has 0 aliphatic rings. The van der Waals surface area contributed by atoms with Crippen molar-refractivity contribution in [3.8, 4) is 0 Å². The molecule has 2 N–H and O–H groups in total. The van der Waals surface area contributed by atoms with E-state index >= 15 is 0 Å². The van der Waals surface area contributed by atoms with Gasteiger partial charge in [0.2, 0.25) is 0 Å². The molecule has 0 amide bonds. The molecule has 0 aromatic heterocycles. The average Bonchev–Trinajstić information content (AvgIpc) is 2.17. The van der Waals surface area contributed by atoms with Gasteiger partial charge < -0.3 is 14.8 Å². The molecule has 0 aromatic carbocycles. The predicted molar refractivity (Wildman–Crippen MR) is 59.1 cm³/mol. The van der Waals surface area contributed by atoms with Gasteiger partial charge in [-0.25, -0.2) is 0 Å². The Kier molecular flexibility index (Phi) is 7.85. The molecule has 0 aromatic rings. The average molecular weight is 200 g/mol. The zero-order valence-electron chi connectivity index (χ0n) is 9.36. The van der Waals surface area contributed by atoms with Gasteiger partial charge in [-0.3, -0.25) is 0 Å². The molecule has 0 fully saturated rings. The molecule has 0 bridgehead atoms. The molecule has 0 saturated carbocycles. The highest BCUT2D eigenvalue weighted by Gasteiger charge is 2.25. The summed E-state index contributed by atoms with van der Waals surface area (Å²) in [6.45, 7) is 4.63. The van der Waals surface area contributed by atoms with Crippen LogP contribution in [0.5, 0.6) is 0 Å². The van der Waals surface area contributed by atoms with Gasteiger partial charge in [0, 0.05) is 19.5 Å². The van der Waals surface area contributed by atoms with Crippen LogP contribution in [-0.2, 0) is 4.74 Å². The highest BCUT2D eigenvalue weighted by molar-refractivity contribution is 6.44. The summed E-state index contributed by atoms with van der Waals surface area (Å²) >= 11 is 0. The molecule has 14 heavy (non-hydrogen) atoms. The second-order valence-corrected chi connectivity index (χ2v) is 3.37. The molecular formula is C10H21BO3. The topological polar surface area (TPSA) is 49.7 Å². The van der Waals surface area contributed by atoms with Gasteiger partial charge in [0.15, 0.2) is 0 Å². The van der Waals surface area contributed by atoms with Crippen molar-refractivity contribution in [1.82, 2.24) is 0 Å². The van der Waals surface area contributed by atoms with Crippen LogP contribution in [0.3, 0.4) is 0 Å². The second kappa shape index (κ2) is 8.03. The maximum Gasteiger partial charge on any atom is 0.459 e. The molecule has 0 heterocycles. The summed E-state index contributed by atoms with van der Waals surface area (Å²) in [6.07, 6.45) is 4.46. The van der Waals surface area contributed by atoms with Gasteiger partial charge in [-0.2, -0.15) is 0 Å². The highest BCUT2D eigenvalue weighted by Crippen LogP contribution is 2.27. The van der Waals surface area contributed by atoms with Crippen molar-refractivity contribution in [3.05, 3.63) is 11.6 Å². The maximum atomic E-state index is 9.22. The van der Waals surface area contributed by atoms with E-state index < -0.39 is 7.12 Å². The SMILES string of the molecule is C/C=C(/CC)C(CCCOC)B(O)O. The van der Waals surface area contributed by atoms with Crippen molar-refractivity contribution < 1.29 is 14.8 Å². The van der Waals surface area contributed by atoms with Gasteiger partial charge in [-0.15, -0.1) is 0 Å². The molecule has 0 radical (unpaired) electrons. The summed E-state index contributed by atoms with van der Waals surface area (Å²) in [7, 11) is 0.402. The fourth-order valence-corrected chi connectivity index (χ4v) is 1.65. The van der Waals surface area contributed by atoms with E-state index in [0.29, 0.717) is 6.61 Å². The molecule has 1 atom stereocenters. The third-order valence-electron chi connectivity index (χ3n) is 2.48. The van der Waals surface area contributed by atoms with Crippen LogP contribution < -0.4 is 0 Å². The minimum Gasteiger partial charge on any atom is -0.427 e. The van der Waals surface area contributed by atoms with Crippen molar-refractivity contribution in [2.45, 2.75) is 38.9 Å². The summed E-state index contributed by atoms with van der Waals surface area (Å²) in [5.41, 5.74) is 1.11. The fourth-order valence-electron chi connectivity index (χ4n) is 1.65. The van der Waals surface area contributed by atoms with Crippen molar-refractivity contribution in [2.24, 2.45) is 0 Å². The Morgan fingerprint density at radius 3 is 2.50 bits per heavy atom. The van der Waals surface area contributed by atoms with Crippen LogP contribution in [0.25, 0.3) is 0 Å². The van der Waals surface area contributed by atoms with Crippen LogP contribution in [0.15, 0.2) is 11.6 Å². The third kappa shape index (κ3) is 4.79. The van der Waals surface area contributed by atoms with Crippen LogP contribution in [-0.4, -0.2) is 30.9 Å². The molecular weight excluding hydrogens is 179 g/mol. The molecule has 0 spiro atoms. The lowest BCUT2D eigenvalue weighted by molar-refractivity contribution is 0.191.